The minimum Gasteiger partial charge on any atom is -0.495 e. The van der Waals surface area contributed by atoms with Gasteiger partial charge in [0.1, 0.15) is 17.1 Å². The number of anilines is 1. The lowest BCUT2D eigenvalue weighted by molar-refractivity contribution is -0.138. The summed E-state index contributed by atoms with van der Waals surface area (Å²) in [5, 5.41) is 11.9. The lowest BCUT2D eigenvalue weighted by Crippen LogP contribution is -2.16. The predicted molar refractivity (Wildman–Crippen MR) is 139 cm³/mol. The standard InChI is InChI=1S/C29H29N3O4/c1-36-26-5-3-2-4-24(26)31-29(35)25-18-32-17-23(14-15-27(32)30-25)22-12-10-21(11-13-22)20-8-6-19(7-9-20)16-28(33)34/h2-5,10-15,17-20H,6-9,16H2,1H3,(H,31,35)(H,33,34)/t19-,20-. The Hall–Kier alpha value is -4.13. The topological polar surface area (TPSA) is 92.9 Å². The van der Waals surface area contributed by atoms with Crippen molar-refractivity contribution in [2.45, 2.75) is 38.0 Å². The Morgan fingerprint density at radius 3 is 2.42 bits per heavy atom. The molecule has 1 fully saturated rings. The zero-order valence-electron chi connectivity index (χ0n) is 20.2. The minimum absolute atomic E-state index is 0.284. The van der Waals surface area contributed by atoms with Gasteiger partial charge in [-0.2, -0.15) is 0 Å². The summed E-state index contributed by atoms with van der Waals surface area (Å²) in [6, 6.07) is 19.8. The molecule has 1 aliphatic carbocycles. The number of fused-ring (bicyclic) bond motifs is 1. The van der Waals surface area contributed by atoms with Gasteiger partial charge in [0.2, 0.25) is 0 Å². The van der Waals surface area contributed by atoms with Crippen LogP contribution in [0, 0.1) is 5.92 Å². The number of para-hydroxylation sites is 2. The summed E-state index contributed by atoms with van der Waals surface area (Å²) in [7, 11) is 1.57. The Bertz CT molecular complexity index is 1390. The van der Waals surface area contributed by atoms with Crippen molar-refractivity contribution in [1.82, 2.24) is 9.38 Å². The molecule has 2 aromatic carbocycles. The zero-order chi connectivity index (χ0) is 25.1. The van der Waals surface area contributed by atoms with Crippen LogP contribution in [0.5, 0.6) is 5.75 Å². The van der Waals surface area contributed by atoms with Crippen molar-refractivity contribution in [3.63, 3.8) is 0 Å². The van der Waals surface area contributed by atoms with Gasteiger partial charge in [0.15, 0.2) is 0 Å². The van der Waals surface area contributed by atoms with Gasteiger partial charge in [-0.05, 0) is 78.5 Å². The average Bonchev–Trinajstić information content (AvgIpc) is 3.33. The molecule has 0 spiro atoms. The van der Waals surface area contributed by atoms with Crippen molar-refractivity contribution in [3.05, 3.63) is 84.3 Å². The van der Waals surface area contributed by atoms with E-state index in [1.807, 2.05) is 34.9 Å². The Morgan fingerprint density at radius 2 is 1.69 bits per heavy atom. The molecule has 1 aliphatic rings. The van der Waals surface area contributed by atoms with Gasteiger partial charge in [0, 0.05) is 18.8 Å². The maximum absolute atomic E-state index is 12.8. The lowest BCUT2D eigenvalue weighted by atomic mass is 9.77. The number of benzene rings is 2. The highest BCUT2D eigenvalue weighted by Gasteiger charge is 2.24. The van der Waals surface area contributed by atoms with Gasteiger partial charge in [-0.1, -0.05) is 36.4 Å². The van der Waals surface area contributed by atoms with Crippen LogP contribution in [0.2, 0.25) is 0 Å². The number of nitrogens with one attached hydrogen (secondary N) is 1. The van der Waals surface area contributed by atoms with E-state index in [1.54, 1.807) is 25.4 Å². The largest absolute Gasteiger partial charge is 0.495 e. The fraction of sp³-hybridized carbons (Fsp3) is 0.276. The number of hydrogen-bond donors (Lipinski definition) is 2. The zero-order valence-corrected chi connectivity index (χ0v) is 20.2. The first kappa shape index (κ1) is 23.6. The number of methoxy groups -OCH3 is 1. The second-order valence-corrected chi connectivity index (χ2v) is 9.40. The third-order valence-electron chi connectivity index (χ3n) is 7.06. The van der Waals surface area contributed by atoms with E-state index < -0.39 is 5.97 Å². The van der Waals surface area contributed by atoms with Gasteiger partial charge in [0.05, 0.1) is 12.8 Å². The van der Waals surface area contributed by atoms with E-state index in [0.717, 1.165) is 36.8 Å². The molecule has 2 aromatic heterocycles. The second-order valence-electron chi connectivity index (χ2n) is 9.40. The van der Waals surface area contributed by atoms with Crippen LogP contribution in [0.25, 0.3) is 16.8 Å². The highest BCUT2D eigenvalue weighted by Crippen LogP contribution is 2.37. The number of hydrogen-bond acceptors (Lipinski definition) is 4. The number of ether oxygens (including phenoxy) is 1. The molecule has 1 amide bonds. The summed E-state index contributed by atoms with van der Waals surface area (Å²) >= 11 is 0. The van der Waals surface area contributed by atoms with Crippen molar-refractivity contribution in [3.8, 4) is 16.9 Å². The van der Waals surface area contributed by atoms with Crippen LogP contribution in [0.1, 0.15) is 54.1 Å². The monoisotopic (exact) mass is 483 g/mol. The number of pyridine rings is 1. The number of aliphatic carboxylic acids is 1. The fourth-order valence-electron chi connectivity index (χ4n) is 5.10. The van der Waals surface area contributed by atoms with E-state index in [-0.39, 0.29) is 12.3 Å². The van der Waals surface area contributed by atoms with Gasteiger partial charge in [0.25, 0.3) is 5.91 Å². The molecular formula is C29H29N3O4. The van der Waals surface area contributed by atoms with Crippen LogP contribution in [0.4, 0.5) is 5.69 Å². The van der Waals surface area contributed by atoms with E-state index in [2.05, 4.69) is 34.6 Å². The molecule has 0 aliphatic heterocycles. The van der Waals surface area contributed by atoms with Crippen LogP contribution in [-0.2, 0) is 4.79 Å². The highest BCUT2D eigenvalue weighted by molar-refractivity contribution is 6.04. The second kappa shape index (κ2) is 10.2. The van der Waals surface area contributed by atoms with Crippen LogP contribution < -0.4 is 10.1 Å². The number of imidazole rings is 1. The van der Waals surface area contributed by atoms with Gasteiger partial charge in [-0.25, -0.2) is 4.98 Å². The number of carboxylic acids is 1. The van der Waals surface area contributed by atoms with E-state index in [4.69, 9.17) is 9.84 Å². The van der Waals surface area contributed by atoms with Crippen molar-refractivity contribution in [2.75, 3.05) is 12.4 Å². The van der Waals surface area contributed by atoms with Gasteiger partial charge in [-0.3, -0.25) is 9.59 Å². The van der Waals surface area contributed by atoms with Gasteiger partial charge >= 0.3 is 5.97 Å². The van der Waals surface area contributed by atoms with Crippen molar-refractivity contribution >= 4 is 23.2 Å². The normalized spacial score (nSPS) is 17.6. The average molecular weight is 484 g/mol. The number of aromatic nitrogens is 2. The number of rotatable bonds is 7. The quantitative estimate of drug-likeness (QED) is 0.336. The van der Waals surface area contributed by atoms with E-state index in [1.165, 1.54) is 5.56 Å². The van der Waals surface area contributed by atoms with Crippen LogP contribution in [-0.4, -0.2) is 33.5 Å². The molecule has 4 aromatic rings. The molecule has 184 valence electrons. The first-order valence-corrected chi connectivity index (χ1v) is 12.3. The maximum Gasteiger partial charge on any atom is 0.303 e. The fourth-order valence-corrected chi connectivity index (χ4v) is 5.10. The molecule has 7 heteroatoms. The first-order valence-electron chi connectivity index (χ1n) is 12.3. The van der Waals surface area contributed by atoms with Crippen molar-refractivity contribution in [1.29, 1.82) is 0 Å². The molecule has 36 heavy (non-hydrogen) atoms. The molecule has 2 N–H and O–H groups in total. The Morgan fingerprint density at radius 1 is 0.972 bits per heavy atom. The Kier molecular flexibility index (Phi) is 6.71. The lowest BCUT2D eigenvalue weighted by Gasteiger charge is -2.28. The molecule has 0 unspecified atom stereocenters. The van der Waals surface area contributed by atoms with Crippen LogP contribution in [0.3, 0.4) is 0 Å². The summed E-state index contributed by atoms with van der Waals surface area (Å²) in [6.45, 7) is 0. The molecule has 0 saturated heterocycles. The third kappa shape index (κ3) is 5.10. The number of carboxylic acid groups (broad SMARTS) is 1. The van der Waals surface area contributed by atoms with E-state index >= 15 is 0 Å². The van der Waals surface area contributed by atoms with Crippen LogP contribution in [0.15, 0.2) is 73.1 Å². The van der Waals surface area contributed by atoms with E-state index in [9.17, 15) is 9.59 Å². The molecule has 2 heterocycles. The van der Waals surface area contributed by atoms with E-state index in [0.29, 0.717) is 34.6 Å². The van der Waals surface area contributed by atoms with Crippen LogP contribution >= 0.6 is 0 Å². The Labute approximate surface area is 209 Å². The summed E-state index contributed by atoms with van der Waals surface area (Å²) in [5.74, 6) is 0.397. The molecule has 7 nitrogen and oxygen atoms in total. The number of carbonyl (C=O) groups excluding carboxylic acids is 1. The molecule has 0 bridgehead atoms. The first-order chi connectivity index (χ1) is 17.5. The third-order valence-corrected chi connectivity index (χ3v) is 7.06. The predicted octanol–water partition coefficient (Wildman–Crippen LogP) is 6.01. The number of amides is 1. The Balaban J connectivity index is 1.28. The van der Waals surface area contributed by atoms with Crippen molar-refractivity contribution in [2.24, 2.45) is 5.92 Å². The molecular weight excluding hydrogens is 454 g/mol. The van der Waals surface area contributed by atoms with Crippen molar-refractivity contribution < 1.29 is 19.4 Å². The SMILES string of the molecule is COc1ccccc1NC(=O)c1cn2cc(-c3ccc([C@H]4CC[C@H](CC(=O)O)CC4)cc3)ccc2n1. The minimum atomic E-state index is -0.693. The van der Waals surface area contributed by atoms with Gasteiger partial charge < -0.3 is 19.6 Å². The molecule has 0 radical (unpaired) electrons. The number of carbonyl (C=O) groups is 2. The summed E-state index contributed by atoms with van der Waals surface area (Å²) in [4.78, 5) is 28.2. The summed E-state index contributed by atoms with van der Waals surface area (Å²) < 4.78 is 7.17. The summed E-state index contributed by atoms with van der Waals surface area (Å²) in [5.41, 5.74) is 5.05. The van der Waals surface area contributed by atoms with Gasteiger partial charge in [-0.15, -0.1) is 0 Å². The smallest absolute Gasteiger partial charge is 0.303 e. The maximum atomic E-state index is 12.8. The summed E-state index contributed by atoms with van der Waals surface area (Å²) in [6.07, 6.45) is 8.02. The molecule has 5 rings (SSSR count). The number of nitrogens with zero attached hydrogens (tertiary/aromatic N) is 2. The molecule has 0 atom stereocenters. The molecule has 1 saturated carbocycles. The highest BCUT2D eigenvalue weighted by atomic mass is 16.5.